The molecule has 2 rings (SSSR count). The fraction of sp³-hybridized carbons (Fsp3) is 0.556. The van der Waals surface area contributed by atoms with Gasteiger partial charge in [-0.3, -0.25) is 14.5 Å². The first-order valence-corrected chi connectivity index (χ1v) is 8.37. The predicted octanol–water partition coefficient (Wildman–Crippen LogP) is 2.95. The van der Waals surface area contributed by atoms with Gasteiger partial charge in [0.1, 0.15) is 0 Å². The Morgan fingerprint density at radius 3 is 2.13 bits per heavy atom. The van der Waals surface area contributed by atoms with Crippen LogP contribution in [0, 0.1) is 11.8 Å². The minimum Gasteiger partial charge on any atom is -0.326 e. The SMILES string of the molecule is CC1CCN(CC(=O)Nc2ccc(NC(=O)C(C)C)cc2)CC1. The van der Waals surface area contributed by atoms with Gasteiger partial charge in [-0.2, -0.15) is 0 Å². The summed E-state index contributed by atoms with van der Waals surface area (Å²) in [7, 11) is 0. The number of hydrogen-bond acceptors (Lipinski definition) is 3. The van der Waals surface area contributed by atoms with Crippen molar-refractivity contribution in [1.82, 2.24) is 4.90 Å². The van der Waals surface area contributed by atoms with Gasteiger partial charge < -0.3 is 10.6 Å². The van der Waals surface area contributed by atoms with E-state index in [1.54, 1.807) is 12.1 Å². The molecule has 1 aromatic carbocycles. The molecular formula is C18H27N3O2. The normalized spacial score (nSPS) is 16.3. The number of amides is 2. The highest BCUT2D eigenvalue weighted by Gasteiger charge is 2.17. The first-order chi connectivity index (χ1) is 10.9. The summed E-state index contributed by atoms with van der Waals surface area (Å²) >= 11 is 0. The van der Waals surface area contributed by atoms with Crippen LogP contribution in [-0.4, -0.2) is 36.3 Å². The molecule has 0 saturated carbocycles. The van der Waals surface area contributed by atoms with Gasteiger partial charge in [0.2, 0.25) is 11.8 Å². The maximum atomic E-state index is 12.1. The van der Waals surface area contributed by atoms with Crippen LogP contribution < -0.4 is 10.6 Å². The summed E-state index contributed by atoms with van der Waals surface area (Å²) in [6.45, 7) is 8.40. The van der Waals surface area contributed by atoms with Gasteiger partial charge in [-0.25, -0.2) is 0 Å². The zero-order valence-corrected chi connectivity index (χ0v) is 14.3. The second-order valence-corrected chi connectivity index (χ2v) is 6.73. The van der Waals surface area contributed by atoms with Crippen LogP contribution in [0.1, 0.15) is 33.6 Å². The van der Waals surface area contributed by atoms with Gasteiger partial charge in [0, 0.05) is 17.3 Å². The van der Waals surface area contributed by atoms with Crippen molar-refractivity contribution in [2.24, 2.45) is 11.8 Å². The number of rotatable bonds is 5. The highest BCUT2D eigenvalue weighted by molar-refractivity contribution is 5.94. The van der Waals surface area contributed by atoms with Gasteiger partial charge in [-0.1, -0.05) is 20.8 Å². The molecule has 5 nitrogen and oxygen atoms in total. The molecule has 1 aromatic rings. The smallest absolute Gasteiger partial charge is 0.238 e. The van der Waals surface area contributed by atoms with Crippen LogP contribution in [0.2, 0.25) is 0 Å². The number of hydrogen-bond donors (Lipinski definition) is 2. The molecule has 1 aliphatic rings. The van der Waals surface area contributed by atoms with Crippen LogP contribution in [-0.2, 0) is 9.59 Å². The minimum atomic E-state index is -0.0540. The molecule has 1 saturated heterocycles. The topological polar surface area (TPSA) is 61.4 Å². The minimum absolute atomic E-state index is 0.0125. The molecule has 0 bridgehead atoms. The van der Waals surface area contributed by atoms with Crippen LogP contribution in [0.4, 0.5) is 11.4 Å². The largest absolute Gasteiger partial charge is 0.326 e. The number of anilines is 2. The van der Waals surface area contributed by atoms with Crippen molar-refractivity contribution in [1.29, 1.82) is 0 Å². The summed E-state index contributed by atoms with van der Waals surface area (Å²) in [5, 5.41) is 5.74. The molecule has 0 radical (unpaired) electrons. The van der Waals surface area contributed by atoms with E-state index >= 15 is 0 Å². The van der Waals surface area contributed by atoms with E-state index in [4.69, 9.17) is 0 Å². The van der Waals surface area contributed by atoms with Crippen LogP contribution in [0.3, 0.4) is 0 Å². The molecular weight excluding hydrogens is 290 g/mol. The summed E-state index contributed by atoms with van der Waals surface area (Å²) < 4.78 is 0. The third kappa shape index (κ3) is 5.67. The number of benzene rings is 1. The first kappa shape index (κ1) is 17.5. The van der Waals surface area contributed by atoms with Crippen molar-refractivity contribution in [2.75, 3.05) is 30.3 Å². The van der Waals surface area contributed by atoms with Crippen molar-refractivity contribution in [3.63, 3.8) is 0 Å². The standard InChI is InChI=1S/C18H27N3O2/c1-13(2)18(23)20-16-6-4-15(5-7-16)19-17(22)12-21-10-8-14(3)9-11-21/h4-7,13-14H,8-12H2,1-3H3,(H,19,22)(H,20,23). The summed E-state index contributed by atoms with van der Waals surface area (Å²) in [6.07, 6.45) is 2.33. The van der Waals surface area contributed by atoms with E-state index in [-0.39, 0.29) is 17.7 Å². The Balaban J connectivity index is 1.81. The zero-order valence-electron chi connectivity index (χ0n) is 14.3. The molecule has 0 aliphatic carbocycles. The summed E-state index contributed by atoms with van der Waals surface area (Å²) in [4.78, 5) is 25.9. The second-order valence-electron chi connectivity index (χ2n) is 6.73. The Bertz CT molecular complexity index is 532. The molecule has 0 unspecified atom stereocenters. The third-order valence-electron chi connectivity index (χ3n) is 4.20. The Labute approximate surface area is 138 Å². The Morgan fingerprint density at radius 1 is 1.09 bits per heavy atom. The lowest BCUT2D eigenvalue weighted by Crippen LogP contribution is -2.38. The predicted molar refractivity (Wildman–Crippen MR) is 93.4 cm³/mol. The fourth-order valence-electron chi connectivity index (χ4n) is 2.55. The Kier molecular flexibility index (Phi) is 6.16. The molecule has 0 aromatic heterocycles. The molecule has 1 aliphatic heterocycles. The number of carbonyl (C=O) groups excluding carboxylic acids is 2. The Hall–Kier alpha value is -1.88. The maximum Gasteiger partial charge on any atom is 0.238 e. The molecule has 0 atom stereocenters. The van der Waals surface area contributed by atoms with Gasteiger partial charge in [-0.05, 0) is 56.1 Å². The number of nitrogens with one attached hydrogen (secondary N) is 2. The van der Waals surface area contributed by atoms with Crippen LogP contribution in [0.15, 0.2) is 24.3 Å². The summed E-state index contributed by atoms with van der Waals surface area (Å²) in [5.41, 5.74) is 1.50. The van der Waals surface area contributed by atoms with Gasteiger partial charge in [0.25, 0.3) is 0 Å². The van der Waals surface area contributed by atoms with Gasteiger partial charge in [-0.15, -0.1) is 0 Å². The molecule has 1 fully saturated rings. The van der Waals surface area contributed by atoms with Crippen molar-refractivity contribution < 1.29 is 9.59 Å². The highest BCUT2D eigenvalue weighted by atomic mass is 16.2. The van der Waals surface area contributed by atoms with Gasteiger partial charge >= 0.3 is 0 Å². The van der Waals surface area contributed by atoms with E-state index in [2.05, 4.69) is 22.5 Å². The van der Waals surface area contributed by atoms with Crippen molar-refractivity contribution in [3.05, 3.63) is 24.3 Å². The monoisotopic (exact) mass is 317 g/mol. The number of carbonyl (C=O) groups is 2. The fourth-order valence-corrected chi connectivity index (χ4v) is 2.55. The van der Waals surface area contributed by atoms with Crippen molar-refractivity contribution in [2.45, 2.75) is 33.6 Å². The van der Waals surface area contributed by atoms with E-state index in [1.165, 1.54) is 0 Å². The zero-order chi connectivity index (χ0) is 16.8. The third-order valence-corrected chi connectivity index (χ3v) is 4.20. The lowest BCUT2D eigenvalue weighted by Gasteiger charge is -2.29. The van der Waals surface area contributed by atoms with Crippen LogP contribution in [0.5, 0.6) is 0 Å². The summed E-state index contributed by atoms with van der Waals surface area (Å²) in [5.74, 6) is 0.712. The quantitative estimate of drug-likeness (QED) is 0.878. The van der Waals surface area contributed by atoms with E-state index < -0.39 is 0 Å². The lowest BCUT2D eigenvalue weighted by molar-refractivity contribution is -0.119. The van der Waals surface area contributed by atoms with Gasteiger partial charge in [0.15, 0.2) is 0 Å². The molecule has 2 amide bonds. The van der Waals surface area contributed by atoms with Gasteiger partial charge in [0.05, 0.1) is 6.54 Å². The number of piperidine rings is 1. The average Bonchev–Trinajstić information content (AvgIpc) is 2.51. The Morgan fingerprint density at radius 2 is 1.61 bits per heavy atom. The second kappa shape index (κ2) is 8.11. The first-order valence-electron chi connectivity index (χ1n) is 8.37. The van der Waals surface area contributed by atoms with E-state index in [1.807, 2.05) is 26.0 Å². The van der Waals surface area contributed by atoms with E-state index in [9.17, 15) is 9.59 Å². The van der Waals surface area contributed by atoms with Crippen LogP contribution >= 0.6 is 0 Å². The molecule has 23 heavy (non-hydrogen) atoms. The molecule has 126 valence electrons. The van der Waals surface area contributed by atoms with Crippen LogP contribution in [0.25, 0.3) is 0 Å². The molecule has 0 spiro atoms. The average molecular weight is 317 g/mol. The molecule has 1 heterocycles. The van der Waals surface area contributed by atoms with E-state index in [0.717, 1.165) is 43.2 Å². The molecule has 5 heteroatoms. The number of likely N-dealkylation sites (tertiary alicyclic amines) is 1. The maximum absolute atomic E-state index is 12.1. The van der Waals surface area contributed by atoms with E-state index in [0.29, 0.717) is 6.54 Å². The lowest BCUT2D eigenvalue weighted by atomic mass is 9.99. The molecule has 2 N–H and O–H groups in total. The number of nitrogens with zero attached hydrogens (tertiary/aromatic N) is 1. The van der Waals surface area contributed by atoms with Crippen molar-refractivity contribution in [3.8, 4) is 0 Å². The summed E-state index contributed by atoms with van der Waals surface area (Å²) in [6, 6.07) is 7.23. The highest BCUT2D eigenvalue weighted by Crippen LogP contribution is 2.17. The van der Waals surface area contributed by atoms with Crippen molar-refractivity contribution >= 4 is 23.2 Å².